The Morgan fingerprint density at radius 2 is 1.91 bits per heavy atom. The molecule has 0 unspecified atom stereocenters. The minimum atomic E-state index is -2.88. The number of H-pyrrole nitrogens is 1. The number of halogens is 2. The standard InChI is InChI=1S/C25H28F2N4O3/c26-25(27)34-20-6-4-18(5-7-20)24(33)31-13-9-17(10-14-31)3-1-2-11-29-23(32)22-15-19-16-28-12-8-21(19)30-22/h4-8,12,15-17,25,30H,1-3,9-11,13-14H2,(H,29,32). The Morgan fingerprint density at radius 3 is 2.62 bits per heavy atom. The Morgan fingerprint density at radius 1 is 1.15 bits per heavy atom. The number of ether oxygens (including phenoxy) is 1. The zero-order chi connectivity index (χ0) is 23.9. The summed E-state index contributed by atoms with van der Waals surface area (Å²) in [6, 6.07) is 9.46. The quantitative estimate of drug-likeness (QED) is 0.447. The molecule has 9 heteroatoms. The molecule has 1 aliphatic rings. The van der Waals surface area contributed by atoms with Crippen molar-refractivity contribution >= 4 is 22.7 Å². The summed E-state index contributed by atoms with van der Waals surface area (Å²) < 4.78 is 28.9. The van der Waals surface area contributed by atoms with E-state index in [-0.39, 0.29) is 17.6 Å². The number of alkyl halides is 2. The molecule has 1 saturated heterocycles. The van der Waals surface area contributed by atoms with Gasteiger partial charge >= 0.3 is 6.61 Å². The summed E-state index contributed by atoms with van der Waals surface area (Å²) in [7, 11) is 0. The van der Waals surface area contributed by atoms with E-state index in [1.165, 1.54) is 24.3 Å². The van der Waals surface area contributed by atoms with Crippen LogP contribution in [0.3, 0.4) is 0 Å². The molecule has 2 amide bonds. The fourth-order valence-electron chi connectivity index (χ4n) is 4.34. The zero-order valence-corrected chi connectivity index (χ0v) is 18.8. The van der Waals surface area contributed by atoms with Crippen LogP contribution in [0, 0.1) is 5.92 Å². The number of rotatable bonds is 9. The maximum Gasteiger partial charge on any atom is 0.387 e. The summed E-state index contributed by atoms with van der Waals surface area (Å²) >= 11 is 0. The molecular formula is C25H28F2N4O3. The first-order chi connectivity index (χ1) is 16.5. The number of nitrogens with one attached hydrogen (secondary N) is 2. The van der Waals surface area contributed by atoms with Gasteiger partial charge in [-0.25, -0.2) is 0 Å². The lowest BCUT2D eigenvalue weighted by Crippen LogP contribution is -2.38. The van der Waals surface area contributed by atoms with E-state index in [2.05, 4.69) is 20.0 Å². The van der Waals surface area contributed by atoms with E-state index < -0.39 is 6.61 Å². The van der Waals surface area contributed by atoms with Gasteiger partial charge in [0.15, 0.2) is 0 Å². The lowest BCUT2D eigenvalue weighted by molar-refractivity contribution is -0.0498. The minimum Gasteiger partial charge on any atom is -0.435 e. The van der Waals surface area contributed by atoms with Crippen molar-refractivity contribution in [3.05, 3.63) is 60.0 Å². The van der Waals surface area contributed by atoms with Crippen molar-refractivity contribution in [2.24, 2.45) is 5.92 Å². The molecule has 3 heterocycles. The lowest BCUT2D eigenvalue weighted by atomic mass is 9.91. The van der Waals surface area contributed by atoms with Crippen molar-refractivity contribution < 1.29 is 23.1 Å². The van der Waals surface area contributed by atoms with Gasteiger partial charge in [0.05, 0.1) is 0 Å². The molecule has 1 fully saturated rings. The number of piperidine rings is 1. The van der Waals surface area contributed by atoms with Crippen LogP contribution in [0.25, 0.3) is 10.9 Å². The van der Waals surface area contributed by atoms with Gasteiger partial charge < -0.3 is 19.9 Å². The molecule has 0 saturated carbocycles. The van der Waals surface area contributed by atoms with Crippen molar-refractivity contribution in [2.45, 2.75) is 38.7 Å². The number of amides is 2. The highest BCUT2D eigenvalue weighted by Crippen LogP contribution is 2.24. The number of benzene rings is 1. The Kier molecular flexibility index (Phi) is 7.72. The number of pyridine rings is 1. The second-order valence-electron chi connectivity index (χ2n) is 8.54. The molecule has 1 aromatic carbocycles. The van der Waals surface area contributed by atoms with Crippen molar-refractivity contribution in [3.63, 3.8) is 0 Å². The van der Waals surface area contributed by atoms with E-state index in [1.807, 2.05) is 11.0 Å². The van der Waals surface area contributed by atoms with Crippen LogP contribution < -0.4 is 10.1 Å². The highest BCUT2D eigenvalue weighted by molar-refractivity contribution is 5.97. The summed E-state index contributed by atoms with van der Waals surface area (Å²) in [4.78, 5) is 34.0. The Bertz CT molecular complexity index is 1080. The van der Waals surface area contributed by atoms with Crippen LogP contribution in [0.1, 0.15) is 53.0 Å². The van der Waals surface area contributed by atoms with E-state index in [9.17, 15) is 18.4 Å². The molecule has 4 rings (SSSR count). The molecule has 3 aromatic rings. The van der Waals surface area contributed by atoms with Crippen LogP contribution in [-0.4, -0.2) is 52.9 Å². The van der Waals surface area contributed by atoms with Gasteiger partial charge in [-0.3, -0.25) is 14.6 Å². The molecule has 0 atom stereocenters. The van der Waals surface area contributed by atoms with Crippen LogP contribution in [0.4, 0.5) is 8.78 Å². The average Bonchev–Trinajstić information content (AvgIpc) is 3.28. The Hall–Kier alpha value is -3.49. The third-order valence-corrected chi connectivity index (χ3v) is 6.22. The highest BCUT2D eigenvalue weighted by Gasteiger charge is 2.23. The zero-order valence-electron chi connectivity index (χ0n) is 18.8. The molecule has 2 N–H and O–H groups in total. The van der Waals surface area contributed by atoms with Gasteiger partial charge in [-0.05, 0) is 61.6 Å². The maximum absolute atomic E-state index is 12.7. The number of carbonyl (C=O) groups is 2. The summed E-state index contributed by atoms with van der Waals surface area (Å²) in [6.45, 7) is -0.890. The number of hydrogen-bond acceptors (Lipinski definition) is 4. The average molecular weight is 471 g/mol. The number of unbranched alkanes of at least 4 members (excludes halogenated alkanes) is 1. The molecular weight excluding hydrogens is 442 g/mol. The Labute approximate surface area is 196 Å². The maximum atomic E-state index is 12.7. The largest absolute Gasteiger partial charge is 0.435 e. The fraction of sp³-hybridized carbons (Fsp3) is 0.400. The first-order valence-corrected chi connectivity index (χ1v) is 11.5. The molecule has 1 aliphatic heterocycles. The number of hydrogen-bond donors (Lipinski definition) is 2. The number of likely N-dealkylation sites (tertiary alicyclic amines) is 1. The fourth-order valence-corrected chi connectivity index (χ4v) is 4.34. The van der Waals surface area contributed by atoms with Gasteiger partial charge in [-0.15, -0.1) is 0 Å². The molecule has 0 radical (unpaired) electrons. The van der Waals surface area contributed by atoms with Crippen LogP contribution in [-0.2, 0) is 0 Å². The normalized spacial score (nSPS) is 14.5. The van der Waals surface area contributed by atoms with E-state index in [1.54, 1.807) is 18.5 Å². The van der Waals surface area contributed by atoms with Crippen molar-refractivity contribution in [3.8, 4) is 5.75 Å². The minimum absolute atomic E-state index is 0.0417. The van der Waals surface area contributed by atoms with Gasteiger partial charge in [0.25, 0.3) is 11.8 Å². The molecule has 0 spiro atoms. The number of carbonyl (C=O) groups excluding carboxylic acids is 2. The summed E-state index contributed by atoms with van der Waals surface area (Å²) in [6.07, 6.45) is 8.27. The first-order valence-electron chi connectivity index (χ1n) is 11.5. The van der Waals surface area contributed by atoms with Crippen molar-refractivity contribution in [2.75, 3.05) is 19.6 Å². The smallest absolute Gasteiger partial charge is 0.387 e. The molecule has 180 valence electrons. The lowest BCUT2D eigenvalue weighted by Gasteiger charge is -2.32. The highest BCUT2D eigenvalue weighted by atomic mass is 19.3. The van der Waals surface area contributed by atoms with Gasteiger partial charge in [-0.2, -0.15) is 8.78 Å². The molecule has 7 nitrogen and oxygen atoms in total. The number of aromatic nitrogens is 2. The van der Waals surface area contributed by atoms with E-state index in [0.717, 1.165) is 43.0 Å². The molecule has 34 heavy (non-hydrogen) atoms. The SMILES string of the molecule is O=C(NCCCCC1CCN(C(=O)c2ccc(OC(F)F)cc2)CC1)c1cc2cnccc2[nH]1. The molecule has 2 aromatic heterocycles. The molecule has 0 bridgehead atoms. The number of nitrogens with zero attached hydrogens (tertiary/aromatic N) is 2. The van der Waals surface area contributed by atoms with Gasteiger partial charge in [0, 0.05) is 48.5 Å². The van der Waals surface area contributed by atoms with Gasteiger partial charge in [0.2, 0.25) is 0 Å². The third-order valence-electron chi connectivity index (χ3n) is 6.22. The van der Waals surface area contributed by atoms with Crippen molar-refractivity contribution in [1.82, 2.24) is 20.2 Å². The monoisotopic (exact) mass is 470 g/mol. The van der Waals surface area contributed by atoms with E-state index in [4.69, 9.17) is 0 Å². The van der Waals surface area contributed by atoms with Gasteiger partial charge in [-0.1, -0.05) is 12.8 Å². The second kappa shape index (κ2) is 11.1. The number of aromatic amines is 1. The predicted molar refractivity (Wildman–Crippen MR) is 124 cm³/mol. The third kappa shape index (κ3) is 6.09. The van der Waals surface area contributed by atoms with Crippen LogP contribution in [0.15, 0.2) is 48.8 Å². The van der Waals surface area contributed by atoms with E-state index >= 15 is 0 Å². The summed E-state index contributed by atoms with van der Waals surface area (Å²) in [5.74, 6) is 0.400. The topological polar surface area (TPSA) is 87.3 Å². The predicted octanol–water partition coefficient (Wildman–Crippen LogP) is 4.62. The summed E-state index contributed by atoms with van der Waals surface area (Å²) in [5.41, 5.74) is 1.90. The molecule has 0 aliphatic carbocycles. The summed E-state index contributed by atoms with van der Waals surface area (Å²) in [5, 5.41) is 3.87. The van der Waals surface area contributed by atoms with Crippen LogP contribution in [0.5, 0.6) is 5.75 Å². The number of fused-ring (bicyclic) bond motifs is 1. The van der Waals surface area contributed by atoms with Crippen LogP contribution in [0.2, 0.25) is 0 Å². The van der Waals surface area contributed by atoms with E-state index in [0.29, 0.717) is 36.8 Å². The first kappa shape index (κ1) is 23.7. The second-order valence-corrected chi connectivity index (χ2v) is 8.54. The Balaban J connectivity index is 1.13. The van der Waals surface area contributed by atoms with Crippen molar-refractivity contribution in [1.29, 1.82) is 0 Å². The van der Waals surface area contributed by atoms with Gasteiger partial charge in [0.1, 0.15) is 11.4 Å². The van der Waals surface area contributed by atoms with Crippen LogP contribution >= 0.6 is 0 Å².